The van der Waals surface area contributed by atoms with Crippen molar-refractivity contribution in [2.24, 2.45) is 0 Å². The minimum Gasteiger partial charge on any atom is -0.359 e. The highest BCUT2D eigenvalue weighted by atomic mass is 35.5. The maximum absolute atomic E-state index is 13.6. The van der Waals surface area contributed by atoms with Crippen molar-refractivity contribution in [2.45, 2.75) is 12.1 Å². The average Bonchev–Trinajstić information content (AvgIpc) is 3.46. The van der Waals surface area contributed by atoms with Crippen LogP contribution in [0.3, 0.4) is 0 Å². The highest BCUT2D eigenvalue weighted by Gasteiger charge is 2.31. The van der Waals surface area contributed by atoms with Gasteiger partial charge >= 0.3 is 6.18 Å². The molecule has 0 saturated heterocycles. The summed E-state index contributed by atoms with van der Waals surface area (Å²) in [6.45, 7) is 0. The minimum atomic E-state index is -4.58. The van der Waals surface area contributed by atoms with Gasteiger partial charge in [-0.1, -0.05) is 17.3 Å². The fourth-order valence-corrected chi connectivity index (χ4v) is 3.17. The third-order valence-corrected chi connectivity index (χ3v) is 4.94. The van der Waals surface area contributed by atoms with E-state index in [4.69, 9.17) is 16.1 Å². The van der Waals surface area contributed by atoms with Gasteiger partial charge in [0, 0.05) is 17.8 Å². The molecule has 0 bridgehead atoms. The number of nitrogens with one attached hydrogen (secondary N) is 1. The Kier molecular flexibility index (Phi) is 6.60. The van der Waals surface area contributed by atoms with Crippen molar-refractivity contribution in [2.75, 3.05) is 0 Å². The average molecular weight is 493 g/mol. The zero-order valence-electron chi connectivity index (χ0n) is 17.1. The van der Waals surface area contributed by atoms with Crippen molar-refractivity contribution in [3.05, 3.63) is 89.9 Å². The number of H-pyrrole nitrogens is 1. The number of hydrogen-bond acceptors (Lipinski definition) is 4. The van der Waals surface area contributed by atoms with Gasteiger partial charge in [0.25, 0.3) is 0 Å². The third kappa shape index (κ3) is 5.07. The monoisotopic (exact) mass is 492 g/mol. The largest absolute Gasteiger partial charge is 0.416 e. The number of aromatic nitrogens is 4. The van der Waals surface area contributed by atoms with Gasteiger partial charge in [-0.25, -0.2) is 13.8 Å². The molecule has 0 amide bonds. The number of nitrogens with zero attached hydrogens (tertiary/aromatic N) is 3. The quantitative estimate of drug-likeness (QED) is 0.217. The minimum absolute atomic E-state index is 0.0508. The predicted molar refractivity (Wildman–Crippen MR) is 116 cm³/mol. The van der Waals surface area contributed by atoms with Crippen LogP contribution in [0.2, 0.25) is 0 Å². The topological polar surface area (TPSA) is 67.6 Å². The molecular formula is C23H14ClF5N4O. The molecule has 0 unspecified atom stereocenters. The van der Waals surface area contributed by atoms with Crippen LogP contribution < -0.4 is 0 Å². The second kappa shape index (κ2) is 9.60. The van der Waals surface area contributed by atoms with E-state index in [2.05, 4.69) is 20.1 Å². The van der Waals surface area contributed by atoms with Crippen molar-refractivity contribution in [1.29, 1.82) is 0 Å². The molecule has 11 heteroatoms. The van der Waals surface area contributed by atoms with E-state index < -0.39 is 17.6 Å². The summed E-state index contributed by atoms with van der Waals surface area (Å²) in [5.41, 5.74) is 1.05. The summed E-state index contributed by atoms with van der Waals surface area (Å²) in [5, 5.41) is 3.53. The number of imidazole rings is 1. The lowest BCUT2D eigenvalue weighted by Crippen LogP contribution is -2.05. The Morgan fingerprint density at radius 2 is 1.74 bits per heavy atom. The van der Waals surface area contributed by atoms with E-state index in [0.717, 1.165) is 23.2 Å². The van der Waals surface area contributed by atoms with Gasteiger partial charge in [0.1, 0.15) is 23.2 Å². The Hall–Kier alpha value is -3.79. The summed E-state index contributed by atoms with van der Waals surface area (Å²) in [6.07, 6.45) is -1.24. The molecule has 3 aromatic heterocycles. The van der Waals surface area contributed by atoms with Crippen LogP contribution in [-0.4, -0.2) is 20.1 Å². The molecule has 0 atom stereocenters. The van der Waals surface area contributed by atoms with Crippen molar-refractivity contribution in [3.63, 3.8) is 0 Å². The molecule has 0 aliphatic rings. The molecule has 5 nitrogen and oxygen atoms in total. The number of rotatable bonds is 3. The fourth-order valence-electron chi connectivity index (χ4n) is 3.04. The Labute approximate surface area is 194 Å². The number of alkyl halides is 4. The molecule has 2 aromatic carbocycles. The molecule has 5 aromatic rings. The van der Waals surface area contributed by atoms with Gasteiger partial charge < -0.3 is 9.51 Å². The summed E-state index contributed by atoms with van der Waals surface area (Å²) < 4.78 is 68.9. The van der Waals surface area contributed by atoms with Crippen molar-refractivity contribution >= 4 is 22.6 Å². The van der Waals surface area contributed by atoms with E-state index in [0.29, 0.717) is 23.2 Å². The summed E-state index contributed by atoms with van der Waals surface area (Å²) in [6, 6.07) is 11.9. The maximum Gasteiger partial charge on any atom is 0.416 e. The lowest BCUT2D eigenvalue weighted by Gasteiger charge is -2.07. The lowest BCUT2D eigenvalue weighted by molar-refractivity contribution is -0.137. The number of aromatic amines is 1. The van der Waals surface area contributed by atoms with Crippen LogP contribution in [0, 0.1) is 11.6 Å². The van der Waals surface area contributed by atoms with Gasteiger partial charge in [0.15, 0.2) is 5.76 Å². The molecule has 0 aliphatic heterocycles. The Balaban J connectivity index is 0.000000162. The van der Waals surface area contributed by atoms with E-state index in [9.17, 15) is 22.0 Å². The van der Waals surface area contributed by atoms with Crippen LogP contribution in [0.25, 0.3) is 33.7 Å². The molecule has 0 fully saturated rings. The van der Waals surface area contributed by atoms with Gasteiger partial charge in [0.2, 0.25) is 0 Å². The molecule has 34 heavy (non-hydrogen) atoms. The smallest absolute Gasteiger partial charge is 0.359 e. The first kappa shape index (κ1) is 23.4. The maximum atomic E-state index is 13.6. The SMILES string of the molecule is Fc1cc(C(F)(F)F)ccc1-c1cc(CCl)on1.Fc1ccccc1-c1nc2ccncc2[nH]1. The summed E-state index contributed by atoms with van der Waals surface area (Å²) in [4.78, 5) is 11.3. The number of pyridine rings is 1. The van der Waals surface area contributed by atoms with Crippen molar-refractivity contribution in [1.82, 2.24) is 20.1 Å². The highest BCUT2D eigenvalue weighted by molar-refractivity contribution is 6.16. The zero-order chi connectivity index (χ0) is 24.3. The number of benzene rings is 2. The standard InChI is InChI=1S/C12H8FN3.C11H6ClF4NO/c13-9-4-2-1-3-8(9)12-15-10-5-6-14-7-11(10)16-12;12-5-7-4-10(17-18-7)8-2-1-6(3-9(8)13)11(14,15)16/h1-7H,(H,15,16);1-4H,5H2. The molecule has 0 spiro atoms. The second-order valence-corrected chi connectivity index (χ2v) is 7.23. The molecule has 0 aliphatic carbocycles. The van der Waals surface area contributed by atoms with Gasteiger partial charge in [0.05, 0.1) is 34.2 Å². The van der Waals surface area contributed by atoms with Crippen molar-refractivity contribution < 1.29 is 26.5 Å². The first-order chi connectivity index (χ1) is 16.3. The number of halogens is 6. The van der Waals surface area contributed by atoms with E-state index in [1.54, 1.807) is 36.7 Å². The summed E-state index contributed by atoms with van der Waals surface area (Å²) in [7, 11) is 0. The number of hydrogen-bond donors (Lipinski definition) is 1. The first-order valence-electron chi connectivity index (χ1n) is 9.69. The molecule has 174 valence electrons. The molecule has 0 radical (unpaired) electrons. The summed E-state index contributed by atoms with van der Waals surface area (Å²) >= 11 is 5.48. The van der Waals surface area contributed by atoms with Crippen LogP contribution in [0.4, 0.5) is 22.0 Å². The van der Waals surface area contributed by atoms with Gasteiger partial charge in [-0.3, -0.25) is 4.98 Å². The normalized spacial score (nSPS) is 11.4. The predicted octanol–water partition coefficient (Wildman–Crippen LogP) is 7.00. The van der Waals surface area contributed by atoms with Crippen molar-refractivity contribution in [3.8, 4) is 22.6 Å². The third-order valence-electron chi connectivity index (χ3n) is 4.68. The fraction of sp³-hybridized carbons (Fsp3) is 0.0870. The Morgan fingerprint density at radius 1 is 0.941 bits per heavy atom. The van der Waals surface area contributed by atoms with E-state index in [1.807, 2.05) is 0 Å². The van der Waals surface area contributed by atoms with Crippen LogP contribution in [-0.2, 0) is 12.1 Å². The molecule has 0 saturated carbocycles. The number of fused-ring (bicyclic) bond motifs is 1. The Morgan fingerprint density at radius 3 is 2.38 bits per heavy atom. The van der Waals surface area contributed by atoms with Crippen LogP contribution >= 0.6 is 11.6 Å². The zero-order valence-corrected chi connectivity index (χ0v) is 17.8. The first-order valence-corrected chi connectivity index (χ1v) is 10.2. The van der Waals surface area contributed by atoms with E-state index in [1.165, 1.54) is 12.1 Å². The molecular weight excluding hydrogens is 479 g/mol. The van der Waals surface area contributed by atoms with Crippen LogP contribution in [0.1, 0.15) is 11.3 Å². The molecule has 3 heterocycles. The van der Waals surface area contributed by atoms with E-state index in [-0.39, 0.29) is 23.0 Å². The molecule has 1 N–H and O–H groups in total. The van der Waals surface area contributed by atoms with Crippen LogP contribution in [0.15, 0.2) is 71.5 Å². The highest BCUT2D eigenvalue weighted by Crippen LogP contribution is 2.32. The molecule has 5 rings (SSSR count). The van der Waals surface area contributed by atoms with Gasteiger partial charge in [-0.05, 0) is 36.4 Å². The summed E-state index contributed by atoms with van der Waals surface area (Å²) in [5.74, 6) is -0.407. The van der Waals surface area contributed by atoms with Crippen LogP contribution in [0.5, 0.6) is 0 Å². The van der Waals surface area contributed by atoms with E-state index >= 15 is 0 Å². The lowest BCUT2D eigenvalue weighted by atomic mass is 10.1. The Bertz CT molecular complexity index is 1400. The van der Waals surface area contributed by atoms with Gasteiger partial charge in [-0.2, -0.15) is 13.2 Å². The second-order valence-electron chi connectivity index (χ2n) is 6.96. The van der Waals surface area contributed by atoms with Gasteiger partial charge in [-0.15, -0.1) is 11.6 Å².